The van der Waals surface area contributed by atoms with Gasteiger partial charge < -0.3 is 10.5 Å². The third-order valence-corrected chi connectivity index (χ3v) is 4.86. The number of hydrogen-bond acceptors (Lipinski definition) is 3. The minimum absolute atomic E-state index is 0.0537. The van der Waals surface area contributed by atoms with E-state index in [0.29, 0.717) is 0 Å². The highest BCUT2D eigenvalue weighted by molar-refractivity contribution is 9.10. The van der Waals surface area contributed by atoms with Crippen LogP contribution < -0.4 is 10.5 Å². The van der Waals surface area contributed by atoms with Gasteiger partial charge >= 0.3 is 0 Å². The summed E-state index contributed by atoms with van der Waals surface area (Å²) < 4.78 is 7.16. The molecule has 1 aromatic carbocycles. The highest BCUT2D eigenvalue weighted by atomic mass is 79.9. The summed E-state index contributed by atoms with van der Waals surface area (Å²) in [6.07, 6.45) is -0.0979. The molecule has 0 spiro atoms. The molecule has 2 atom stereocenters. The monoisotopic (exact) mass is 339 g/mol. The highest BCUT2D eigenvalue weighted by Crippen LogP contribution is 2.31. The minimum atomic E-state index is -0.0979. The zero-order valence-electron chi connectivity index (χ0n) is 11.3. The van der Waals surface area contributed by atoms with Gasteiger partial charge in [-0.15, -0.1) is 11.3 Å². The number of ether oxygens (including phenoxy) is 1. The molecule has 0 bridgehead atoms. The Morgan fingerprint density at radius 3 is 2.47 bits per heavy atom. The van der Waals surface area contributed by atoms with Gasteiger partial charge in [0.25, 0.3) is 0 Å². The first-order chi connectivity index (χ1) is 8.97. The van der Waals surface area contributed by atoms with Crippen molar-refractivity contribution in [1.29, 1.82) is 0 Å². The van der Waals surface area contributed by atoms with Crippen LogP contribution in [0.15, 0.2) is 34.8 Å². The van der Waals surface area contributed by atoms with E-state index in [1.165, 1.54) is 9.75 Å². The maximum Gasteiger partial charge on any atom is 0.148 e. The van der Waals surface area contributed by atoms with Crippen molar-refractivity contribution in [3.05, 3.63) is 50.1 Å². The van der Waals surface area contributed by atoms with E-state index in [9.17, 15) is 0 Å². The Hall–Kier alpha value is -0.840. The molecule has 19 heavy (non-hydrogen) atoms. The number of hydrogen-bond donors (Lipinski definition) is 1. The van der Waals surface area contributed by atoms with Crippen LogP contribution >= 0.6 is 27.3 Å². The SMILES string of the molecule is Cc1ccc(C(Oc2ccc(Br)c(C)c2)C(C)N)s1. The third-order valence-electron chi connectivity index (χ3n) is 2.91. The summed E-state index contributed by atoms with van der Waals surface area (Å²) in [5.41, 5.74) is 7.22. The van der Waals surface area contributed by atoms with Crippen LogP contribution in [-0.2, 0) is 0 Å². The van der Waals surface area contributed by atoms with Crippen LogP contribution in [0.3, 0.4) is 0 Å². The van der Waals surface area contributed by atoms with Crippen molar-refractivity contribution in [1.82, 2.24) is 0 Å². The van der Waals surface area contributed by atoms with E-state index >= 15 is 0 Å². The van der Waals surface area contributed by atoms with Gasteiger partial charge in [0.2, 0.25) is 0 Å². The molecule has 2 nitrogen and oxygen atoms in total. The summed E-state index contributed by atoms with van der Waals surface area (Å²) in [6.45, 7) is 6.12. The number of aryl methyl sites for hydroxylation is 2. The molecule has 0 fully saturated rings. The standard InChI is InChI=1S/C15H18BrNOS/c1-9-8-12(5-6-13(9)16)18-15(11(3)17)14-7-4-10(2)19-14/h4-8,11,15H,17H2,1-3H3. The average Bonchev–Trinajstić information content (AvgIpc) is 2.76. The number of halogens is 1. The van der Waals surface area contributed by atoms with Gasteiger partial charge in [0.05, 0.1) is 0 Å². The van der Waals surface area contributed by atoms with E-state index in [-0.39, 0.29) is 12.1 Å². The van der Waals surface area contributed by atoms with Gasteiger partial charge in [-0.05, 0) is 56.7 Å². The van der Waals surface area contributed by atoms with Crippen LogP contribution in [0, 0.1) is 13.8 Å². The first-order valence-electron chi connectivity index (χ1n) is 6.22. The van der Waals surface area contributed by atoms with E-state index in [1.807, 2.05) is 32.0 Å². The van der Waals surface area contributed by atoms with Gasteiger partial charge in [-0.3, -0.25) is 0 Å². The fraction of sp³-hybridized carbons (Fsp3) is 0.333. The fourth-order valence-corrected chi connectivity index (χ4v) is 3.14. The van der Waals surface area contributed by atoms with Crippen molar-refractivity contribution in [2.75, 3.05) is 0 Å². The first kappa shape index (κ1) is 14.6. The van der Waals surface area contributed by atoms with Crippen molar-refractivity contribution in [3.8, 4) is 5.75 Å². The summed E-state index contributed by atoms with van der Waals surface area (Å²) in [5, 5.41) is 0. The molecule has 2 N–H and O–H groups in total. The van der Waals surface area contributed by atoms with Crippen LogP contribution in [0.4, 0.5) is 0 Å². The number of benzene rings is 1. The predicted octanol–water partition coefficient (Wildman–Crippen LogP) is 4.59. The maximum atomic E-state index is 6.08. The molecular weight excluding hydrogens is 322 g/mol. The molecule has 0 saturated heterocycles. The van der Waals surface area contributed by atoms with Gasteiger partial charge in [-0.1, -0.05) is 15.9 Å². The second kappa shape index (κ2) is 6.07. The van der Waals surface area contributed by atoms with Crippen LogP contribution in [-0.4, -0.2) is 6.04 Å². The quantitative estimate of drug-likeness (QED) is 0.883. The second-order valence-electron chi connectivity index (χ2n) is 4.76. The van der Waals surface area contributed by atoms with Crippen LogP contribution in [0.2, 0.25) is 0 Å². The lowest BCUT2D eigenvalue weighted by Crippen LogP contribution is -2.28. The van der Waals surface area contributed by atoms with Crippen LogP contribution in [0.1, 0.15) is 28.3 Å². The minimum Gasteiger partial charge on any atom is -0.483 e. The van der Waals surface area contributed by atoms with Crippen molar-refractivity contribution in [2.24, 2.45) is 5.73 Å². The Bertz CT molecular complexity index is 565. The third kappa shape index (κ3) is 3.59. The molecule has 0 saturated carbocycles. The molecule has 0 aliphatic rings. The molecule has 2 rings (SSSR count). The summed E-state index contributed by atoms with van der Waals surface area (Å²) in [4.78, 5) is 2.45. The molecule has 0 aliphatic carbocycles. The largest absolute Gasteiger partial charge is 0.483 e. The smallest absolute Gasteiger partial charge is 0.148 e. The van der Waals surface area contributed by atoms with Gasteiger partial charge in [0, 0.05) is 20.3 Å². The zero-order valence-corrected chi connectivity index (χ0v) is 13.7. The molecule has 1 aromatic heterocycles. The van der Waals surface area contributed by atoms with Crippen LogP contribution in [0.25, 0.3) is 0 Å². The Kier molecular flexibility index (Phi) is 4.66. The van der Waals surface area contributed by atoms with Crippen molar-refractivity contribution >= 4 is 27.3 Å². The predicted molar refractivity (Wildman–Crippen MR) is 85.0 cm³/mol. The normalized spacial score (nSPS) is 14.2. The molecular formula is C15H18BrNOS. The molecule has 1 heterocycles. The van der Waals surface area contributed by atoms with Crippen LogP contribution in [0.5, 0.6) is 5.75 Å². The fourth-order valence-electron chi connectivity index (χ4n) is 1.87. The summed E-state index contributed by atoms with van der Waals surface area (Å²) >= 11 is 5.23. The van der Waals surface area contributed by atoms with E-state index in [0.717, 1.165) is 15.8 Å². The van der Waals surface area contributed by atoms with Crippen molar-refractivity contribution in [3.63, 3.8) is 0 Å². The molecule has 4 heteroatoms. The topological polar surface area (TPSA) is 35.2 Å². The molecule has 0 amide bonds. The van der Waals surface area contributed by atoms with Gasteiger partial charge in [-0.2, -0.15) is 0 Å². The average molecular weight is 340 g/mol. The lowest BCUT2D eigenvalue weighted by molar-refractivity contribution is 0.184. The van der Waals surface area contributed by atoms with Gasteiger partial charge in [-0.25, -0.2) is 0 Å². The maximum absolute atomic E-state index is 6.08. The molecule has 102 valence electrons. The van der Waals surface area contributed by atoms with E-state index in [2.05, 4.69) is 35.0 Å². The van der Waals surface area contributed by atoms with E-state index < -0.39 is 0 Å². The zero-order chi connectivity index (χ0) is 14.0. The lowest BCUT2D eigenvalue weighted by atomic mass is 10.1. The molecule has 0 radical (unpaired) electrons. The highest BCUT2D eigenvalue weighted by Gasteiger charge is 2.20. The Morgan fingerprint density at radius 1 is 1.21 bits per heavy atom. The van der Waals surface area contributed by atoms with Gasteiger partial charge in [0.1, 0.15) is 11.9 Å². The number of thiophene rings is 1. The molecule has 0 aliphatic heterocycles. The summed E-state index contributed by atoms with van der Waals surface area (Å²) in [7, 11) is 0. The molecule has 2 aromatic rings. The van der Waals surface area contributed by atoms with E-state index in [4.69, 9.17) is 10.5 Å². The summed E-state index contributed by atoms with van der Waals surface area (Å²) in [5.74, 6) is 0.856. The lowest BCUT2D eigenvalue weighted by Gasteiger charge is -2.21. The van der Waals surface area contributed by atoms with Crippen molar-refractivity contribution < 1.29 is 4.74 Å². The number of rotatable bonds is 4. The Balaban J connectivity index is 2.23. The number of nitrogens with two attached hydrogens (primary N) is 1. The summed E-state index contributed by atoms with van der Waals surface area (Å²) in [6, 6.07) is 10.1. The van der Waals surface area contributed by atoms with Crippen molar-refractivity contribution in [2.45, 2.75) is 32.9 Å². The Morgan fingerprint density at radius 2 is 1.95 bits per heavy atom. The second-order valence-corrected chi connectivity index (χ2v) is 6.93. The Labute approximate surface area is 126 Å². The van der Waals surface area contributed by atoms with Gasteiger partial charge in [0.15, 0.2) is 0 Å². The van der Waals surface area contributed by atoms with E-state index in [1.54, 1.807) is 11.3 Å². The molecule has 2 unspecified atom stereocenters. The first-order valence-corrected chi connectivity index (χ1v) is 7.83.